The first-order valence-corrected chi connectivity index (χ1v) is 19.1. The maximum Gasteiger partial charge on any atom is 0.215 e. The fourth-order valence-electron chi connectivity index (χ4n) is 5.20. The second-order valence-electron chi connectivity index (χ2n) is 12.6. The lowest BCUT2D eigenvalue weighted by Gasteiger charge is -2.30. The summed E-state index contributed by atoms with van der Waals surface area (Å²) in [7, 11) is 3.36. The second-order valence-corrected chi connectivity index (χ2v) is 12.6. The van der Waals surface area contributed by atoms with E-state index in [1.54, 1.807) is 14.2 Å². The molecular weight excluding hydrogens is 556 g/mol. The number of hydrogen-bond donors (Lipinski definition) is 0. The van der Waals surface area contributed by atoms with Crippen molar-refractivity contribution in [2.24, 2.45) is 0 Å². The minimum absolute atomic E-state index is 0.407. The van der Waals surface area contributed by atoms with Crippen molar-refractivity contribution in [2.75, 3.05) is 40.6 Å². The molecule has 4 heteroatoms. The summed E-state index contributed by atoms with van der Waals surface area (Å²) in [6.45, 7) is 6.82. The Kier molecular flexibility index (Phi) is 36.3. The minimum atomic E-state index is -0.809. The smallest absolute Gasteiger partial charge is 0.215 e. The first-order chi connectivity index (χ1) is 22.2. The predicted molar refractivity (Wildman–Crippen MR) is 197 cm³/mol. The van der Waals surface area contributed by atoms with Gasteiger partial charge in [0.05, 0.1) is 0 Å². The minimum Gasteiger partial charge on any atom is -0.376 e. The van der Waals surface area contributed by atoms with Crippen molar-refractivity contribution in [3.05, 3.63) is 48.6 Å². The van der Waals surface area contributed by atoms with Gasteiger partial charge in [0.25, 0.3) is 0 Å². The van der Waals surface area contributed by atoms with Gasteiger partial charge in [-0.05, 0) is 77.0 Å². The molecule has 0 aromatic carbocycles. The van der Waals surface area contributed by atoms with Crippen LogP contribution in [0.25, 0.3) is 0 Å². The Bertz CT molecular complexity index is 623. The fourth-order valence-corrected chi connectivity index (χ4v) is 5.20. The van der Waals surface area contributed by atoms with E-state index >= 15 is 0 Å². The summed E-state index contributed by atoms with van der Waals surface area (Å²) in [5.74, 6) is -0.809. The lowest BCUT2D eigenvalue weighted by atomic mass is 10.1. The number of unbranched alkanes of at least 4 members (excludes halogenated alkanes) is 18. The predicted octanol–water partition coefficient (Wildman–Crippen LogP) is 12.6. The van der Waals surface area contributed by atoms with Crippen molar-refractivity contribution in [1.82, 2.24) is 0 Å². The van der Waals surface area contributed by atoms with Crippen LogP contribution in [0.1, 0.15) is 168 Å². The molecule has 45 heavy (non-hydrogen) atoms. The maximum absolute atomic E-state index is 5.93. The summed E-state index contributed by atoms with van der Waals surface area (Å²) in [5.41, 5.74) is 0. The largest absolute Gasteiger partial charge is 0.376 e. The van der Waals surface area contributed by atoms with Gasteiger partial charge in [-0.25, -0.2) is 0 Å². The molecule has 0 aliphatic heterocycles. The van der Waals surface area contributed by atoms with Crippen molar-refractivity contribution >= 4 is 0 Å². The van der Waals surface area contributed by atoms with E-state index in [1.165, 1.54) is 128 Å². The Morgan fingerprint density at radius 1 is 0.378 bits per heavy atom. The molecule has 0 heterocycles. The highest BCUT2D eigenvalue weighted by Gasteiger charge is 2.30. The van der Waals surface area contributed by atoms with E-state index in [0.29, 0.717) is 13.2 Å². The van der Waals surface area contributed by atoms with Crippen LogP contribution in [0.2, 0.25) is 0 Å². The van der Waals surface area contributed by atoms with Crippen molar-refractivity contribution in [1.29, 1.82) is 0 Å². The zero-order valence-electron chi connectivity index (χ0n) is 30.6. The Balaban J connectivity index is 3.61. The van der Waals surface area contributed by atoms with E-state index in [-0.39, 0.29) is 0 Å². The first-order valence-electron chi connectivity index (χ1n) is 19.1. The molecular formula is C41H76O4. The highest BCUT2D eigenvalue weighted by Crippen LogP contribution is 2.15. The second kappa shape index (κ2) is 37.3. The summed E-state index contributed by atoms with van der Waals surface area (Å²) in [6.07, 6.45) is 48.7. The molecule has 0 radical (unpaired) electrons. The third kappa shape index (κ3) is 32.5. The summed E-state index contributed by atoms with van der Waals surface area (Å²) >= 11 is 0. The van der Waals surface area contributed by atoms with E-state index in [2.05, 4.69) is 62.5 Å². The van der Waals surface area contributed by atoms with E-state index < -0.39 is 5.79 Å². The number of rotatable bonds is 36. The van der Waals surface area contributed by atoms with E-state index in [0.717, 1.165) is 38.9 Å². The van der Waals surface area contributed by atoms with Gasteiger partial charge in [-0.1, -0.05) is 140 Å². The Morgan fingerprint density at radius 3 is 1.02 bits per heavy atom. The van der Waals surface area contributed by atoms with Crippen molar-refractivity contribution in [2.45, 2.75) is 174 Å². The molecule has 0 spiro atoms. The molecule has 0 bridgehead atoms. The van der Waals surface area contributed by atoms with Crippen molar-refractivity contribution in [3.63, 3.8) is 0 Å². The molecule has 4 nitrogen and oxygen atoms in total. The molecule has 0 aromatic rings. The topological polar surface area (TPSA) is 36.9 Å². The van der Waals surface area contributed by atoms with Crippen LogP contribution in [-0.2, 0) is 18.9 Å². The molecule has 0 unspecified atom stereocenters. The molecule has 0 fully saturated rings. The van der Waals surface area contributed by atoms with E-state index in [9.17, 15) is 0 Å². The van der Waals surface area contributed by atoms with Gasteiger partial charge >= 0.3 is 0 Å². The van der Waals surface area contributed by atoms with E-state index in [4.69, 9.17) is 18.9 Å². The number of ether oxygens (including phenoxy) is 4. The normalized spacial score (nSPS) is 12.7. The summed E-state index contributed by atoms with van der Waals surface area (Å²) in [4.78, 5) is 0. The highest BCUT2D eigenvalue weighted by atomic mass is 16.7. The van der Waals surface area contributed by atoms with Gasteiger partial charge in [-0.2, -0.15) is 0 Å². The molecule has 0 aliphatic carbocycles. The van der Waals surface area contributed by atoms with Gasteiger partial charge in [0.15, 0.2) is 0 Å². The van der Waals surface area contributed by atoms with Crippen LogP contribution in [-0.4, -0.2) is 46.4 Å². The van der Waals surface area contributed by atoms with Crippen LogP contribution in [0.5, 0.6) is 0 Å². The Labute approximate surface area is 281 Å². The maximum atomic E-state index is 5.93. The number of allylic oxidation sites excluding steroid dienone is 8. The van der Waals surface area contributed by atoms with Gasteiger partial charge in [-0.3, -0.25) is 0 Å². The zero-order chi connectivity index (χ0) is 32.8. The lowest BCUT2D eigenvalue weighted by molar-refractivity contribution is -0.259. The molecule has 0 N–H and O–H groups in total. The monoisotopic (exact) mass is 633 g/mol. The molecule has 0 aliphatic rings. The summed E-state index contributed by atoms with van der Waals surface area (Å²) in [5, 5.41) is 0. The first kappa shape index (κ1) is 43.8. The SMILES string of the molecule is CCCCCC=CCC=CCCCCCCCCOCC(COCCCCCCCCC=CCC=CCCCCC)(OC)OC. The molecule has 0 amide bonds. The van der Waals surface area contributed by atoms with Crippen LogP contribution in [0.4, 0.5) is 0 Å². The van der Waals surface area contributed by atoms with Crippen LogP contribution < -0.4 is 0 Å². The quantitative estimate of drug-likeness (QED) is 0.0391. The number of hydrogen-bond acceptors (Lipinski definition) is 4. The van der Waals surface area contributed by atoms with Gasteiger partial charge in [-0.15, -0.1) is 0 Å². The summed E-state index contributed by atoms with van der Waals surface area (Å²) < 4.78 is 23.2. The molecule has 264 valence electrons. The zero-order valence-corrected chi connectivity index (χ0v) is 30.6. The highest BCUT2D eigenvalue weighted by molar-refractivity contribution is 4.93. The van der Waals surface area contributed by atoms with Crippen LogP contribution in [0.3, 0.4) is 0 Å². The molecule has 0 rings (SSSR count). The Hall–Kier alpha value is -1.20. The van der Waals surface area contributed by atoms with Crippen LogP contribution >= 0.6 is 0 Å². The fraction of sp³-hybridized carbons (Fsp3) is 0.805. The standard InChI is InChI=1S/C41H76O4/c1-5-7-9-11-13-15-17-19-21-23-25-27-29-31-33-35-37-44-39-41(42-3,43-4)40-45-38-36-34-32-30-28-26-24-22-20-18-16-14-12-10-8-6-2/h13-16,19-22H,5-12,17-18,23-40H2,1-4H3. The Morgan fingerprint density at radius 2 is 0.689 bits per heavy atom. The molecule has 0 aromatic heterocycles. The lowest BCUT2D eigenvalue weighted by Crippen LogP contribution is -2.44. The summed E-state index contributed by atoms with van der Waals surface area (Å²) in [6, 6.07) is 0. The molecule has 0 saturated carbocycles. The van der Waals surface area contributed by atoms with Gasteiger partial charge in [0.2, 0.25) is 5.79 Å². The third-order valence-electron chi connectivity index (χ3n) is 8.37. The average Bonchev–Trinajstić information content (AvgIpc) is 3.06. The van der Waals surface area contributed by atoms with Gasteiger partial charge in [0, 0.05) is 27.4 Å². The van der Waals surface area contributed by atoms with E-state index in [1.807, 2.05) is 0 Å². The number of methoxy groups -OCH3 is 2. The average molecular weight is 633 g/mol. The third-order valence-corrected chi connectivity index (χ3v) is 8.37. The van der Waals surface area contributed by atoms with Crippen molar-refractivity contribution < 1.29 is 18.9 Å². The molecule has 0 saturated heterocycles. The van der Waals surface area contributed by atoms with Gasteiger partial charge in [0.1, 0.15) is 13.2 Å². The van der Waals surface area contributed by atoms with Crippen LogP contribution in [0.15, 0.2) is 48.6 Å². The van der Waals surface area contributed by atoms with Crippen LogP contribution in [0, 0.1) is 0 Å². The van der Waals surface area contributed by atoms with Gasteiger partial charge < -0.3 is 18.9 Å². The van der Waals surface area contributed by atoms with Crippen molar-refractivity contribution in [3.8, 4) is 0 Å². The molecule has 0 atom stereocenters.